The summed E-state index contributed by atoms with van der Waals surface area (Å²) in [5.41, 5.74) is 4.14. The first-order valence-corrected chi connectivity index (χ1v) is 6.06. The van der Waals surface area contributed by atoms with E-state index in [4.69, 9.17) is 0 Å². The number of para-hydroxylation sites is 1. The number of halogens is 1. The fraction of sp³-hybridized carbons (Fsp3) is 0.385. The molecule has 15 heavy (non-hydrogen) atoms. The molecular weight excluding hydrogens is 250 g/mol. The standard InChI is InChI=1S/C13H16BrN/c1-8(2)12-9(3)10-6-5-7-11(14)13(10)15(12)4/h5-8H,1-4H3. The highest BCUT2D eigenvalue weighted by atomic mass is 79.9. The molecule has 0 unspecified atom stereocenters. The summed E-state index contributed by atoms with van der Waals surface area (Å²) in [6, 6.07) is 6.40. The van der Waals surface area contributed by atoms with Crippen LogP contribution in [0.15, 0.2) is 22.7 Å². The monoisotopic (exact) mass is 265 g/mol. The first-order chi connectivity index (χ1) is 7.04. The van der Waals surface area contributed by atoms with Crippen molar-refractivity contribution < 1.29 is 0 Å². The molecule has 0 saturated heterocycles. The van der Waals surface area contributed by atoms with Gasteiger partial charge in [-0.25, -0.2) is 0 Å². The minimum atomic E-state index is 0.564. The van der Waals surface area contributed by atoms with Crippen molar-refractivity contribution in [2.45, 2.75) is 26.7 Å². The predicted octanol–water partition coefficient (Wildman–Crippen LogP) is 4.37. The Labute approximate surface area is 99.2 Å². The van der Waals surface area contributed by atoms with Crippen LogP contribution in [0.2, 0.25) is 0 Å². The molecular formula is C13H16BrN. The Bertz CT molecular complexity index is 509. The van der Waals surface area contributed by atoms with Gasteiger partial charge >= 0.3 is 0 Å². The first-order valence-electron chi connectivity index (χ1n) is 5.27. The summed E-state index contributed by atoms with van der Waals surface area (Å²) in [6.45, 7) is 6.70. The number of benzene rings is 1. The molecule has 0 bridgehead atoms. The van der Waals surface area contributed by atoms with Crippen LogP contribution in [0.5, 0.6) is 0 Å². The van der Waals surface area contributed by atoms with Crippen molar-refractivity contribution in [2.24, 2.45) is 7.05 Å². The van der Waals surface area contributed by atoms with Crippen LogP contribution in [0.1, 0.15) is 31.0 Å². The van der Waals surface area contributed by atoms with Crippen LogP contribution in [0.3, 0.4) is 0 Å². The van der Waals surface area contributed by atoms with Crippen LogP contribution < -0.4 is 0 Å². The molecule has 0 aliphatic carbocycles. The smallest absolute Gasteiger partial charge is 0.0627 e. The highest BCUT2D eigenvalue weighted by Crippen LogP contribution is 2.33. The lowest BCUT2D eigenvalue weighted by atomic mass is 10.1. The number of hydrogen-bond donors (Lipinski definition) is 0. The summed E-state index contributed by atoms with van der Waals surface area (Å²) in [5, 5.41) is 1.36. The van der Waals surface area contributed by atoms with Crippen molar-refractivity contribution in [2.75, 3.05) is 0 Å². The Balaban J connectivity index is 2.92. The van der Waals surface area contributed by atoms with Gasteiger partial charge in [0.15, 0.2) is 0 Å². The third kappa shape index (κ3) is 1.51. The fourth-order valence-electron chi connectivity index (χ4n) is 2.49. The van der Waals surface area contributed by atoms with Crippen LogP contribution in [-0.4, -0.2) is 4.57 Å². The Morgan fingerprint density at radius 3 is 2.47 bits per heavy atom. The molecule has 1 nitrogen and oxygen atoms in total. The van der Waals surface area contributed by atoms with Gasteiger partial charge in [0.25, 0.3) is 0 Å². The van der Waals surface area contributed by atoms with E-state index in [2.05, 4.69) is 66.5 Å². The van der Waals surface area contributed by atoms with Gasteiger partial charge in [-0.05, 0) is 40.4 Å². The van der Waals surface area contributed by atoms with Gasteiger partial charge in [0, 0.05) is 22.6 Å². The Hall–Kier alpha value is -0.760. The molecule has 0 atom stereocenters. The predicted molar refractivity (Wildman–Crippen MR) is 69.4 cm³/mol. The van der Waals surface area contributed by atoms with Crippen molar-refractivity contribution in [3.8, 4) is 0 Å². The first kappa shape index (κ1) is 10.7. The van der Waals surface area contributed by atoms with Gasteiger partial charge in [-0.15, -0.1) is 0 Å². The second kappa shape index (κ2) is 3.67. The molecule has 0 fully saturated rings. The van der Waals surface area contributed by atoms with E-state index in [-0.39, 0.29) is 0 Å². The molecule has 80 valence electrons. The lowest BCUT2D eigenvalue weighted by Gasteiger charge is -2.09. The van der Waals surface area contributed by atoms with Gasteiger partial charge in [-0.3, -0.25) is 0 Å². The number of hydrogen-bond acceptors (Lipinski definition) is 0. The molecule has 0 radical (unpaired) electrons. The summed E-state index contributed by atoms with van der Waals surface area (Å²) in [7, 11) is 2.15. The van der Waals surface area contributed by atoms with Crippen molar-refractivity contribution in [3.63, 3.8) is 0 Å². The molecule has 2 aromatic rings. The molecule has 0 amide bonds. The molecule has 2 rings (SSSR count). The minimum absolute atomic E-state index is 0.564. The highest BCUT2D eigenvalue weighted by Gasteiger charge is 2.15. The summed E-state index contributed by atoms with van der Waals surface area (Å²) in [5.74, 6) is 0.564. The van der Waals surface area contributed by atoms with E-state index in [0.29, 0.717) is 5.92 Å². The molecule has 1 aromatic heterocycles. The van der Waals surface area contributed by atoms with Gasteiger partial charge in [0.05, 0.1) is 5.52 Å². The second-order valence-electron chi connectivity index (χ2n) is 4.36. The summed E-state index contributed by atoms with van der Waals surface area (Å²) in [4.78, 5) is 0. The van der Waals surface area contributed by atoms with Crippen molar-refractivity contribution in [3.05, 3.63) is 33.9 Å². The molecule has 0 spiro atoms. The summed E-state index contributed by atoms with van der Waals surface area (Å²) >= 11 is 3.62. The minimum Gasteiger partial charge on any atom is -0.346 e. The second-order valence-corrected chi connectivity index (χ2v) is 5.21. The average molecular weight is 266 g/mol. The lowest BCUT2D eigenvalue weighted by Crippen LogP contribution is -1.99. The Morgan fingerprint density at radius 2 is 1.93 bits per heavy atom. The zero-order valence-corrected chi connectivity index (χ0v) is 11.2. The van der Waals surface area contributed by atoms with Gasteiger partial charge in [0.2, 0.25) is 0 Å². The Kier molecular flexibility index (Phi) is 2.63. The quantitative estimate of drug-likeness (QED) is 0.722. The van der Waals surface area contributed by atoms with E-state index < -0.39 is 0 Å². The van der Waals surface area contributed by atoms with Crippen molar-refractivity contribution in [1.29, 1.82) is 0 Å². The number of nitrogens with zero attached hydrogens (tertiary/aromatic N) is 1. The van der Waals surface area contributed by atoms with Crippen molar-refractivity contribution in [1.82, 2.24) is 4.57 Å². The van der Waals surface area contributed by atoms with E-state index in [1.54, 1.807) is 0 Å². The molecule has 0 N–H and O–H groups in total. The van der Waals surface area contributed by atoms with Gasteiger partial charge in [0.1, 0.15) is 0 Å². The normalized spacial score (nSPS) is 11.6. The molecule has 0 aliphatic rings. The third-order valence-corrected chi connectivity index (χ3v) is 3.66. The molecule has 1 aromatic carbocycles. The maximum Gasteiger partial charge on any atom is 0.0627 e. The Morgan fingerprint density at radius 1 is 1.27 bits per heavy atom. The van der Waals surface area contributed by atoms with E-state index in [0.717, 1.165) is 0 Å². The topological polar surface area (TPSA) is 4.93 Å². The van der Waals surface area contributed by atoms with Crippen LogP contribution >= 0.6 is 15.9 Å². The maximum absolute atomic E-state index is 3.62. The number of fused-ring (bicyclic) bond motifs is 1. The summed E-state index contributed by atoms with van der Waals surface area (Å²) < 4.78 is 3.48. The van der Waals surface area contributed by atoms with Crippen LogP contribution in [0.4, 0.5) is 0 Å². The highest BCUT2D eigenvalue weighted by molar-refractivity contribution is 9.10. The average Bonchev–Trinajstić information content (AvgIpc) is 2.40. The fourth-order valence-corrected chi connectivity index (χ4v) is 3.12. The molecule has 0 aliphatic heterocycles. The van der Waals surface area contributed by atoms with E-state index >= 15 is 0 Å². The van der Waals surface area contributed by atoms with Crippen LogP contribution in [-0.2, 0) is 7.05 Å². The number of aromatic nitrogens is 1. The van der Waals surface area contributed by atoms with Crippen LogP contribution in [0, 0.1) is 6.92 Å². The van der Waals surface area contributed by atoms with Gasteiger partial charge in [-0.2, -0.15) is 0 Å². The zero-order valence-electron chi connectivity index (χ0n) is 9.63. The number of aryl methyl sites for hydroxylation is 2. The van der Waals surface area contributed by atoms with Crippen LogP contribution in [0.25, 0.3) is 10.9 Å². The molecule has 0 saturated carbocycles. The van der Waals surface area contributed by atoms with Gasteiger partial charge < -0.3 is 4.57 Å². The lowest BCUT2D eigenvalue weighted by molar-refractivity contribution is 0.747. The third-order valence-electron chi connectivity index (χ3n) is 3.02. The largest absolute Gasteiger partial charge is 0.346 e. The van der Waals surface area contributed by atoms with E-state index in [1.807, 2.05) is 0 Å². The van der Waals surface area contributed by atoms with Gasteiger partial charge in [-0.1, -0.05) is 26.0 Å². The maximum atomic E-state index is 3.62. The molecule has 2 heteroatoms. The van der Waals surface area contributed by atoms with E-state index in [9.17, 15) is 0 Å². The zero-order chi connectivity index (χ0) is 11.2. The van der Waals surface area contributed by atoms with Crippen molar-refractivity contribution >= 4 is 26.8 Å². The van der Waals surface area contributed by atoms with E-state index in [1.165, 1.54) is 26.6 Å². The number of rotatable bonds is 1. The molecule has 1 heterocycles. The summed E-state index contributed by atoms with van der Waals surface area (Å²) in [6.07, 6.45) is 0. The SMILES string of the molecule is Cc1c(C(C)C)n(C)c2c(Br)cccc12.